The quantitative estimate of drug-likeness (QED) is 0.827. The monoisotopic (exact) mass is 264 g/mol. The van der Waals surface area contributed by atoms with Crippen molar-refractivity contribution in [1.82, 2.24) is 10.2 Å². The Bertz CT molecular complexity index is 384. The van der Waals surface area contributed by atoms with E-state index in [1.54, 1.807) is 0 Å². The van der Waals surface area contributed by atoms with Crippen molar-refractivity contribution in [2.75, 3.05) is 6.54 Å². The molecule has 4 nitrogen and oxygen atoms in total. The zero-order valence-electron chi connectivity index (χ0n) is 11.8. The first-order valence-electron chi connectivity index (χ1n) is 7.74. The molecule has 1 heterocycles. The Labute approximate surface area is 114 Å². The van der Waals surface area contributed by atoms with E-state index in [0.29, 0.717) is 24.9 Å². The maximum Gasteiger partial charge on any atom is 0.248 e. The molecular weight excluding hydrogens is 240 g/mol. The molecule has 1 saturated heterocycles. The summed E-state index contributed by atoms with van der Waals surface area (Å²) < 4.78 is 0. The molecule has 1 aliphatic heterocycles. The van der Waals surface area contributed by atoms with Gasteiger partial charge >= 0.3 is 0 Å². The molecule has 2 saturated carbocycles. The van der Waals surface area contributed by atoms with Crippen LogP contribution in [0.5, 0.6) is 0 Å². The lowest BCUT2D eigenvalue weighted by Gasteiger charge is -2.40. The molecule has 3 fully saturated rings. The van der Waals surface area contributed by atoms with E-state index in [1.807, 2.05) is 4.90 Å². The van der Waals surface area contributed by atoms with Gasteiger partial charge < -0.3 is 10.2 Å². The highest BCUT2D eigenvalue weighted by Crippen LogP contribution is 2.38. The highest BCUT2D eigenvalue weighted by atomic mass is 16.2. The molecule has 3 rings (SSSR count). The van der Waals surface area contributed by atoms with Gasteiger partial charge in [0.1, 0.15) is 5.54 Å². The largest absolute Gasteiger partial charge is 0.342 e. The van der Waals surface area contributed by atoms with Crippen molar-refractivity contribution in [3.63, 3.8) is 0 Å². The van der Waals surface area contributed by atoms with Crippen molar-refractivity contribution >= 4 is 11.8 Å². The maximum atomic E-state index is 13.0. The third kappa shape index (κ3) is 2.37. The Morgan fingerprint density at radius 2 is 1.89 bits per heavy atom. The molecular formula is C15H24N2O2. The van der Waals surface area contributed by atoms with Crippen molar-refractivity contribution in [1.29, 1.82) is 0 Å². The van der Waals surface area contributed by atoms with E-state index in [2.05, 4.69) is 12.2 Å². The van der Waals surface area contributed by atoms with E-state index < -0.39 is 5.54 Å². The lowest BCUT2D eigenvalue weighted by atomic mass is 9.80. The summed E-state index contributed by atoms with van der Waals surface area (Å²) in [6, 6.07) is 0.305. The van der Waals surface area contributed by atoms with Gasteiger partial charge in [-0.25, -0.2) is 0 Å². The first-order valence-corrected chi connectivity index (χ1v) is 7.74. The number of carbonyl (C=O) groups excluding carboxylic acids is 2. The van der Waals surface area contributed by atoms with E-state index in [0.717, 1.165) is 25.7 Å². The van der Waals surface area contributed by atoms with Gasteiger partial charge in [0, 0.05) is 19.0 Å². The van der Waals surface area contributed by atoms with Crippen LogP contribution < -0.4 is 5.32 Å². The second kappa shape index (κ2) is 4.80. The van der Waals surface area contributed by atoms with Gasteiger partial charge in [0.05, 0.1) is 0 Å². The summed E-state index contributed by atoms with van der Waals surface area (Å²) >= 11 is 0. The predicted molar refractivity (Wildman–Crippen MR) is 72.5 cm³/mol. The fraction of sp³-hybridized carbons (Fsp3) is 0.867. The average molecular weight is 264 g/mol. The summed E-state index contributed by atoms with van der Waals surface area (Å²) in [7, 11) is 0. The molecule has 1 spiro atoms. The summed E-state index contributed by atoms with van der Waals surface area (Å²) in [5.74, 6) is 0.913. The summed E-state index contributed by atoms with van der Waals surface area (Å²) in [5, 5.41) is 3.06. The van der Waals surface area contributed by atoms with Crippen LogP contribution in [0, 0.1) is 5.92 Å². The smallest absolute Gasteiger partial charge is 0.248 e. The summed E-state index contributed by atoms with van der Waals surface area (Å²) in [6.07, 6.45) is 7.87. The first kappa shape index (κ1) is 12.9. The molecule has 1 N–H and O–H groups in total. The number of nitrogens with zero attached hydrogens (tertiary/aromatic N) is 1. The molecule has 0 aromatic heterocycles. The normalized spacial score (nSPS) is 29.0. The fourth-order valence-electron chi connectivity index (χ4n) is 3.70. The molecule has 2 aliphatic carbocycles. The minimum absolute atomic E-state index is 0.0562. The number of hydrogen-bond acceptors (Lipinski definition) is 2. The predicted octanol–water partition coefficient (Wildman–Crippen LogP) is 1.84. The summed E-state index contributed by atoms with van der Waals surface area (Å²) in [4.78, 5) is 26.9. The highest BCUT2D eigenvalue weighted by Gasteiger charge is 2.47. The number of hydrogen-bond donors (Lipinski definition) is 1. The number of carbonyl (C=O) groups is 2. The Hall–Kier alpha value is -1.06. The third-order valence-corrected chi connectivity index (χ3v) is 5.13. The number of rotatable bonds is 2. The molecule has 1 unspecified atom stereocenters. The van der Waals surface area contributed by atoms with Crippen LogP contribution in [0.1, 0.15) is 58.3 Å². The Kier molecular flexibility index (Phi) is 3.27. The molecule has 0 radical (unpaired) electrons. The minimum Gasteiger partial charge on any atom is -0.342 e. The zero-order chi connectivity index (χ0) is 13.5. The second-order valence-corrected chi connectivity index (χ2v) is 6.52. The first-order chi connectivity index (χ1) is 9.12. The van der Waals surface area contributed by atoms with Gasteiger partial charge in [-0.1, -0.05) is 19.3 Å². The van der Waals surface area contributed by atoms with Crippen molar-refractivity contribution in [2.45, 2.75) is 69.9 Å². The van der Waals surface area contributed by atoms with Gasteiger partial charge in [-0.05, 0) is 38.5 Å². The topological polar surface area (TPSA) is 49.4 Å². The van der Waals surface area contributed by atoms with Gasteiger partial charge in [0.25, 0.3) is 0 Å². The Morgan fingerprint density at radius 3 is 2.53 bits per heavy atom. The SMILES string of the molecule is CC(C1CC1)N1CCC(=O)NC2(CCCCC2)C1=O. The molecule has 0 aromatic carbocycles. The van der Waals surface area contributed by atoms with E-state index in [4.69, 9.17) is 0 Å². The van der Waals surface area contributed by atoms with E-state index >= 15 is 0 Å². The van der Waals surface area contributed by atoms with Crippen LogP contribution in [0.4, 0.5) is 0 Å². The Balaban J connectivity index is 1.85. The summed E-state index contributed by atoms with van der Waals surface area (Å²) in [6.45, 7) is 2.76. The van der Waals surface area contributed by atoms with Gasteiger partial charge in [-0.3, -0.25) is 9.59 Å². The van der Waals surface area contributed by atoms with Gasteiger partial charge in [-0.2, -0.15) is 0 Å². The molecule has 4 heteroatoms. The van der Waals surface area contributed by atoms with E-state index in [-0.39, 0.29) is 11.8 Å². The van der Waals surface area contributed by atoms with Crippen LogP contribution in [-0.4, -0.2) is 34.8 Å². The van der Waals surface area contributed by atoms with Crippen molar-refractivity contribution in [3.8, 4) is 0 Å². The van der Waals surface area contributed by atoms with Crippen LogP contribution in [0.25, 0.3) is 0 Å². The highest BCUT2D eigenvalue weighted by molar-refractivity contribution is 5.93. The standard InChI is InChI=1S/C15H24N2O2/c1-11(12-5-6-12)17-10-7-13(18)16-15(14(17)19)8-3-2-4-9-15/h11-12H,2-10H2,1H3,(H,16,18). The molecule has 106 valence electrons. The Morgan fingerprint density at radius 1 is 1.21 bits per heavy atom. The number of nitrogens with one attached hydrogen (secondary N) is 1. The third-order valence-electron chi connectivity index (χ3n) is 5.13. The van der Waals surface area contributed by atoms with Gasteiger partial charge in [-0.15, -0.1) is 0 Å². The molecule has 3 aliphatic rings. The average Bonchev–Trinajstić information content (AvgIpc) is 3.23. The van der Waals surface area contributed by atoms with Crippen LogP contribution in [0.3, 0.4) is 0 Å². The molecule has 0 bridgehead atoms. The van der Waals surface area contributed by atoms with Crippen LogP contribution >= 0.6 is 0 Å². The minimum atomic E-state index is -0.574. The maximum absolute atomic E-state index is 13.0. The summed E-state index contributed by atoms with van der Waals surface area (Å²) in [5.41, 5.74) is -0.574. The van der Waals surface area contributed by atoms with E-state index in [1.165, 1.54) is 19.3 Å². The molecule has 1 atom stereocenters. The van der Waals surface area contributed by atoms with Crippen molar-refractivity contribution in [2.24, 2.45) is 5.92 Å². The second-order valence-electron chi connectivity index (χ2n) is 6.52. The van der Waals surface area contributed by atoms with Crippen molar-refractivity contribution in [3.05, 3.63) is 0 Å². The lowest BCUT2D eigenvalue weighted by Crippen LogP contribution is -2.59. The lowest BCUT2D eigenvalue weighted by molar-refractivity contribution is -0.142. The van der Waals surface area contributed by atoms with E-state index in [9.17, 15) is 9.59 Å². The molecule has 19 heavy (non-hydrogen) atoms. The van der Waals surface area contributed by atoms with Crippen LogP contribution in [0.15, 0.2) is 0 Å². The van der Waals surface area contributed by atoms with Crippen LogP contribution in [-0.2, 0) is 9.59 Å². The van der Waals surface area contributed by atoms with Gasteiger partial charge in [0.15, 0.2) is 0 Å². The number of amides is 2. The fourth-order valence-corrected chi connectivity index (χ4v) is 3.70. The van der Waals surface area contributed by atoms with Gasteiger partial charge in [0.2, 0.25) is 11.8 Å². The zero-order valence-corrected chi connectivity index (χ0v) is 11.8. The molecule has 0 aromatic rings. The van der Waals surface area contributed by atoms with Crippen LogP contribution in [0.2, 0.25) is 0 Å². The van der Waals surface area contributed by atoms with Crippen molar-refractivity contribution < 1.29 is 9.59 Å². The molecule has 2 amide bonds.